The number of amides is 1. The third-order valence-electron chi connectivity index (χ3n) is 6.30. The van der Waals surface area contributed by atoms with E-state index in [-0.39, 0.29) is 17.9 Å². The Hall–Kier alpha value is -2.48. The Balaban J connectivity index is 1.44. The van der Waals surface area contributed by atoms with Gasteiger partial charge in [-0.3, -0.25) is 4.79 Å². The van der Waals surface area contributed by atoms with Crippen molar-refractivity contribution in [2.45, 2.75) is 44.6 Å². The zero-order valence-corrected chi connectivity index (χ0v) is 20.9. The molecular formula is C26H30N2O3S2. The number of hydrogen-bond donors (Lipinski definition) is 1. The number of aryl methyl sites for hydroxylation is 3. The van der Waals surface area contributed by atoms with Crippen molar-refractivity contribution in [3.8, 4) is 0 Å². The van der Waals surface area contributed by atoms with Gasteiger partial charge < -0.3 is 5.32 Å². The number of thiophene rings is 1. The largest absolute Gasteiger partial charge is 0.344 e. The first kappa shape index (κ1) is 23.7. The number of hydrogen-bond acceptors (Lipinski definition) is 4. The molecule has 1 aliphatic rings. The molecule has 174 valence electrons. The van der Waals surface area contributed by atoms with Gasteiger partial charge in [-0.05, 0) is 62.3 Å². The van der Waals surface area contributed by atoms with Crippen LogP contribution in [-0.4, -0.2) is 31.7 Å². The standard InChI is InChI=1S/C26H30N2O3S2/c1-18-6-9-21(10-7-18)25(23-5-4-16-32-23)27-26(29)22-12-14-28(15-13-22)33(30,31)24-11-8-19(2)17-20(24)3/h4-11,16-17,22,25H,12-15H2,1-3H3,(H,27,29)/t25-/m1/s1. The highest BCUT2D eigenvalue weighted by Crippen LogP contribution is 2.29. The summed E-state index contributed by atoms with van der Waals surface area (Å²) in [6, 6.07) is 17.5. The molecule has 4 rings (SSSR count). The van der Waals surface area contributed by atoms with E-state index in [2.05, 4.69) is 29.6 Å². The zero-order chi connectivity index (χ0) is 23.6. The summed E-state index contributed by atoms with van der Waals surface area (Å²) in [6.07, 6.45) is 1.03. The Kier molecular flexibility index (Phi) is 7.02. The number of benzene rings is 2. The van der Waals surface area contributed by atoms with Crippen molar-refractivity contribution in [1.82, 2.24) is 9.62 Å². The molecule has 5 nitrogen and oxygen atoms in total. The summed E-state index contributed by atoms with van der Waals surface area (Å²) < 4.78 is 27.9. The molecule has 1 N–H and O–H groups in total. The summed E-state index contributed by atoms with van der Waals surface area (Å²) in [6.45, 7) is 6.52. The van der Waals surface area contributed by atoms with E-state index in [4.69, 9.17) is 0 Å². The van der Waals surface area contributed by atoms with Crippen LogP contribution in [0.1, 0.15) is 46.0 Å². The van der Waals surface area contributed by atoms with Crippen LogP contribution in [0.5, 0.6) is 0 Å². The maximum Gasteiger partial charge on any atom is 0.243 e. The van der Waals surface area contributed by atoms with Crippen LogP contribution in [0.4, 0.5) is 0 Å². The average Bonchev–Trinajstić information content (AvgIpc) is 3.32. The lowest BCUT2D eigenvalue weighted by atomic mass is 9.95. The highest BCUT2D eigenvalue weighted by atomic mass is 32.2. The van der Waals surface area contributed by atoms with Crippen LogP contribution in [0, 0.1) is 26.7 Å². The number of carbonyl (C=O) groups excluding carboxylic acids is 1. The van der Waals surface area contributed by atoms with Gasteiger partial charge in [0.2, 0.25) is 15.9 Å². The van der Waals surface area contributed by atoms with Crippen molar-refractivity contribution in [3.63, 3.8) is 0 Å². The van der Waals surface area contributed by atoms with Crippen LogP contribution in [0.3, 0.4) is 0 Å². The summed E-state index contributed by atoms with van der Waals surface area (Å²) in [5.41, 5.74) is 4.01. The monoisotopic (exact) mass is 482 g/mol. The highest BCUT2D eigenvalue weighted by molar-refractivity contribution is 7.89. The molecule has 3 aromatic rings. The molecule has 2 aromatic carbocycles. The van der Waals surface area contributed by atoms with Gasteiger partial charge in [-0.2, -0.15) is 4.31 Å². The van der Waals surface area contributed by atoms with E-state index in [1.165, 1.54) is 9.87 Å². The lowest BCUT2D eigenvalue weighted by Crippen LogP contribution is -2.43. The minimum atomic E-state index is -3.56. The minimum Gasteiger partial charge on any atom is -0.344 e. The molecule has 1 amide bonds. The predicted octanol–water partition coefficient (Wildman–Crippen LogP) is 4.98. The van der Waals surface area contributed by atoms with E-state index in [9.17, 15) is 13.2 Å². The van der Waals surface area contributed by atoms with Crippen molar-refractivity contribution < 1.29 is 13.2 Å². The molecule has 0 saturated carbocycles. The van der Waals surface area contributed by atoms with Gasteiger partial charge in [0.1, 0.15) is 0 Å². The second-order valence-corrected chi connectivity index (χ2v) is 11.7. The van der Waals surface area contributed by atoms with E-state index in [1.807, 2.05) is 50.4 Å². The number of nitrogens with zero attached hydrogens (tertiary/aromatic N) is 1. The normalized spacial score (nSPS) is 16.5. The van der Waals surface area contributed by atoms with Crippen molar-refractivity contribution in [3.05, 3.63) is 87.1 Å². The fourth-order valence-corrected chi connectivity index (χ4v) is 6.86. The molecule has 0 bridgehead atoms. The Morgan fingerprint density at radius 1 is 1.00 bits per heavy atom. The van der Waals surface area contributed by atoms with Gasteiger partial charge in [-0.1, -0.05) is 53.6 Å². The summed E-state index contributed by atoms with van der Waals surface area (Å²) in [7, 11) is -3.56. The van der Waals surface area contributed by atoms with Crippen molar-refractivity contribution in [2.75, 3.05) is 13.1 Å². The topological polar surface area (TPSA) is 66.5 Å². The smallest absolute Gasteiger partial charge is 0.243 e. The first-order valence-electron chi connectivity index (χ1n) is 11.2. The zero-order valence-electron chi connectivity index (χ0n) is 19.2. The summed E-state index contributed by atoms with van der Waals surface area (Å²) in [5.74, 6) is -0.221. The number of carbonyl (C=O) groups is 1. The van der Waals surface area contributed by atoms with Crippen LogP contribution in [0.15, 0.2) is 64.9 Å². The second-order valence-electron chi connectivity index (χ2n) is 8.82. The van der Waals surface area contributed by atoms with Gasteiger partial charge in [0.25, 0.3) is 0 Å². The molecule has 0 spiro atoms. The average molecular weight is 483 g/mol. The van der Waals surface area contributed by atoms with Gasteiger partial charge >= 0.3 is 0 Å². The molecule has 0 radical (unpaired) electrons. The highest BCUT2D eigenvalue weighted by Gasteiger charge is 2.33. The Bertz CT molecular complexity index is 1210. The Morgan fingerprint density at radius 2 is 1.67 bits per heavy atom. The van der Waals surface area contributed by atoms with Crippen LogP contribution >= 0.6 is 11.3 Å². The van der Waals surface area contributed by atoms with E-state index < -0.39 is 10.0 Å². The SMILES string of the molecule is Cc1ccc([C@@H](NC(=O)C2CCN(S(=O)(=O)c3ccc(C)cc3C)CC2)c2cccs2)cc1. The summed E-state index contributed by atoms with van der Waals surface area (Å²) in [4.78, 5) is 14.6. The molecule has 1 saturated heterocycles. The maximum atomic E-state index is 13.2. The van der Waals surface area contributed by atoms with Crippen LogP contribution in [0.25, 0.3) is 0 Å². The fourth-order valence-electron chi connectivity index (χ4n) is 4.38. The van der Waals surface area contributed by atoms with Gasteiger partial charge in [-0.15, -0.1) is 11.3 Å². The van der Waals surface area contributed by atoms with E-state index >= 15 is 0 Å². The summed E-state index contributed by atoms with van der Waals surface area (Å²) >= 11 is 1.62. The summed E-state index contributed by atoms with van der Waals surface area (Å²) in [5, 5.41) is 5.24. The van der Waals surface area contributed by atoms with Crippen molar-refractivity contribution in [2.24, 2.45) is 5.92 Å². The maximum absolute atomic E-state index is 13.2. The number of sulfonamides is 1. The van der Waals surface area contributed by atoms with E-state index in [0.717, 1.165) is 21.6 Å². The molecule has 33 heavy (non-hydrogen) atoms. The second kappa shape index (κ2) is 9.79. The molecule has 0 unspecified atom stereocenters. The number of piperidine rings is 1. The van der Waals surface area contributed by atoms with E-state index in [0.29, 0.717) is 30.8 Å². The molecule has 0 aliphatic carbocycles. The molecular weight excluding hydrogens is 452 g/mol. The molecule has 1 aromatic heterocycles. The molecule has 1 aliphatic heterocycles. The fraction of sp³-hybridized carbons (Fsp3) is 0.346. The lowest BCUT2D eigenvalue weighted by molar-refractivity contribution is -0.126. The molecule has 1 atom stereocenters. The molecule has 7 heteroatoms. The quantitative estimate of drug-likeness (QED) is 0.539. The van der Waals surface area contributed by atoms with Crippen LogP contribution < -0.4 is 5.32 Å². The van der Waals surface area contributed by atoms with Gasteiger partial charge in [-0.25, -0.2) is 8.42 Å². The first-order valence-corrected chi connectivity index (χ1v) is 13.6. The number of rotatable bonds is 6. The predicted molar refractivity (Wildman–Crippen MR) is 133 cm³/mol. The van der Waals surface area contributed by atoms with Gasteiger partial charge in [0.15, 0.2) is 0 Å². The molecule has 2 heterocycles. The third kappa shape index (κ3) is 5.21. The van der Waals surface area contributed by atoms with Gasteiger partial charge in [0.05, 0.1) is 10.9 Å². The van der Waals surface area contributed by atoms with Crippen molar-refractivity contribution >= 4 is 27.3 Å². The number of nitrogens with one attached hydrogen (secondary N) is 1. The molecule has 1 fully saturated rings. The van der Waals surface area contributed by atoms with Crippen LogP contribution in [-0.2, 0) is 14.8 Å². The van der Waals surface area contributed by atoms with E-state index in [1.54, 1.807) is 17.4 Å². The van der Waals surface area contributed by atoms with Crippen LogP contribution in [0.2, 0.25) is 0 Å². The minimum absolute atomic E-state index is 0.0162. The first-order chi connectivity index (χ1) is 15.8. The Morgan fingerprint density at radius 3 is 2.27 bits per heavy atom. The lowest BCUT2D eigenvalue weighted by Gasteiger charge is -2.32. The van der Waals surface area contributed by atoms with Crippen molar-refractivity contribution in [1.29, 1.82) is 0 Å². The van der Waals surface area contributed by atoms with Gasteiger partial charge in [0, 0.05) is 23.9 Å². The Labute approximate surface area is 200 Å². The third-order valence-corrected chi connectivity index (χ3v) is 9.29.